The summed E-state index contributed by atoms with van der Waals surface area (Å²) in [4.78, 5) is 12.0. The summed E-state index contributed by atoms with van der Waals surface area (Å²) in [5.74, 6) is 0.799. The maximum absolute atomic E-state index is 12.0. The fraction of sp³-hybridized carbons (Fsp3) is 0.214. The van der Waals surface area contributed by atoms with Gasteiger partial charge < -0.3 is 9.15 Å². The largest absolute Gasteiger partial charge is 0.490 e. The van der Waals surface area contributed by atoms with Crippen LogP contribution >= 0.6 is 0 Å². The highest BCUT2D eigenvalue weighted by atomic mass is 16.5. The minimum atomic E-state index is -0.0308. The standard InChI is InChI=1S/C14H12O3/c15-14(11-7-8-16-9-11)10-1-3-12(4-2-10)17-13-5-6-13/h1-4,7-9,13H,5-6H2. The number of ether oxygens (including phenoxy) is 1. The third-order valence-electron chi connectivity index (χ3n) is 2.73. The van der Waals surface area contributed by atoms with Crippen LogP contribution in [0.5, 0.6) is 5.75 Å². The molecule has 86 valence electrons. The Balaban J connectivity index is 1.77. The molecule has 0 aliphatic heterocycles. The van der Waals surface area contributed by atoms with E-state index in [2.05, 4.69) is 0 Å². The lowest BCUT2D eigenvalue weighted by Crippen LogP contribution is -2.00. The quantitative estimate of drug-likeness (QED) is 0.755. The fourth-order valence-electron chi connectivity index (χ4n) is 1.62. The van der Waals surface area contributed by atoms with Crippen molar-refractivity contribution in [2.75, 3.05) is 0 Å². The Morgan fingerprint density at radius 2 is 1.88 bits per heavy atom. The maximum atomic E-state index is 12.0. The maximum Gasteiger partial charge on any atom is 0.196 e. The molecule has 0 bridgehead atoms. The van der Waals surface area contributed by atoms with Gasteiger partial charge in [0.15, 0.2) is 5.78 Å². The van der Waals surface area contributed by atoms with E-state index in [0.29, 0.717) is 17.2 Å². The average Bonchev–Trinajstić information content (AvgIpc) is 3.00. The van der Waals surface area contributed by atoms with Gasteiger partial charge in [-0.05, 0) is 43.2 Å². The number of hydrogen-bond acceptors (Lipinski definition) is 3. The van der Waals surface area contributed by atoms with E-state index in [0.717, 1.165) is 18.6 Å². The van der Waals surface area contributed by atoms with Crippen LogP contribution in [-0.4, -0.2) is 11.9 Å². The van der Waals surface area contributed by atoms with Gasteiger partial charge in [-0.15, -0.1) is 0 Å². The van der Waals surface area contributed by atoms with Crippen LogP contribution in [0.1, 0.15) is 28.8 Å². The summed E-state index contributed by atoms with van der Waals surface area (Å²) in [6.07, 6.45) is 5.60. The highest BCUT2D eigenvalue weighted by Crippen LogP contribution is 2.27. The SMILES string of the molecule is O=C(c1ccc(OC2CC2)cc1)c1ccoc1. The Morgan fingerprint density at radius 3 is 2.47 bits per heavy atom. The summed E-state index contributed by atoms with van der Waals surface area (Å²) in [6.45, 7) is 0. The first-order valence-corrected chi connectivity index (χ1v) is 5.66. The molecule has 1 saturated carbocycles. The molecule has 1 aliphatic carbocycles. The van der Waals surface area contributed by atoms with Crippen molar-refractivity contribution in [2.45, 2.75) is 18.9 Å². The second-order valence-electron chi connectivity index (χ2n) is 4.18. The molecule has 1 aliphatic rings. The number of carbonyl (C=O) groups is 1. The van der Waals surface area contributed by atoms with Crippen molar-refractivity contribution in [3.8, 4) is 5.75 Å². The molecule has 1 aromatic carbocycles. The van der Waals surface area contributed by atoms with Gasteiger partial charge in [0.2, 0.25) is 0 Å². The molecule has 0 N–H and O–H groups in total. The number of furan rings is 1. The van der Waals surface area contributed by atoms with E-state index in [1.54, 1.807) is 18.2 Å². The van der Waals surface area contributed by atoms with Crippen molar-refractivity contribution < 1.29 is 13.9 Å². The lowest BCUT2D eigenvalue weighted by atomic mass is 10.1. The van der Waals surface area contributed by atoms with Gasteiger partial charge in [0, 0.05) is 5.56 Å². The molecule has 1 aromatic heterocycles. The van der Waals surface area contributed by atoms with Gasteiger partial charge in [0.25, 0.3) is 0 Å². The predicted octanol–water partition coefficient (Wildman–Crippen LogP) is 3.05. The molecule has 0 atom stereocenters. The molecule has 2 aromatic rings. The smallest absolute Gasteiger partial charge is 0.196 e. The Morgan fingerprint density at radius 1 is 1.12 bits per heavy atom. The molecule has 3 rings (SSSR count). The summed E-state index contributed by atoms with van der Waals surface area (Å²) in [7, 11) is 0. The van der Waals surface area contributed by atoms with Crippen LogP contribution in [0.25, 0.3) is 0 Å². The normalized spacial score (nSPS) is 14.6. The van der Waals surface area contributed by atoms with E-state index in [1.807, 2.05) is 12.1 Å². The van der Waals surface area contributed by atoms with Crippen molar-refractivity contribution in [3.05, 3.63) is 54.0 Å². The van der Waals surface area contributed by atoms with E-state index in [9.17, 15) is 4.79 Å². The van der Waals surface area contributed by atoms with Crippen LogP contribution in [0.15, 0.2) is 47.3 Å². The minimum Gasteiger partial charge on any atom is -0.490 e. The van der Waals surface area contributed by atoms with Gasteiger partial charge in [-0.1, -0.05) is 0 Å². The Hall–Kier alpha value is -2.03. The lowest BCUT2D eigenvalue weighted by Gasteiger charge is -2.04. The lowest BCUT2D eigenvalue weighted by molar-refractivity contribution is 0.103. The van der Waals surface area contributed by atoms with E-state index < -0.39 is 0 Å². The Labute approximate surface area is 99.0 Å². The first kappa shape index (κ1) is 10.1. The first-order chi connectivity index (χ1) is 8.33. The van der Waals surface area contributed by atoms with Crippen LogP contribution in [0, 0.1) is 0 Å². The summed E-state index contributed by atoms with van der Waals surface area (Å²) in [5.41, 5.74) is 1.22. The molecule has 0 spiro atoms. The molecule has 1 fully saturated rings. The van der Waals surface area contributed by atoms with Gasteiger partial charge in [0.05, 0.1) is 17.9 Å². The molecule has 3 nitrogen and oxygen atoms in total. The van der Waals surface area contributed by atoms with Crippen molar-refractivity contribution in [3.63, 3.8) is 0 Å². The predicted molar refractivity (Wildman–Crippen MR) is 62.2 cm³/mol. The topological polar surface area (TPSA) is 39.4 Å². The average molecular weight is 228 g/mol. The zero-order valence-electron chi connectivity index (χ0n) is 9.26. The highest BCUT2D eigenvalue weighted by molar-refractivity contribution is 6.08. The molecular formula is C14H12O3. The van der Waals surface area contributed by atoms with Crippen LogP contribution in [-0.2, 0) is 0 Å². The van der Waals surface area contributed by atoms with Gasteiger partial charge in [-0.2, -0.15) is 0 Å². The second-order valence-corrected chi connectivity index (χ2v) is 4.18. The summed E-state index contributed by atoms with van der Waals surface area (Å²) in [5, 5.41) is 0. The van der Waals surface area contributed by atoms with E-state index in [-0.39, 0.29) is 5.78 Å². The zero-order valence-corrected chi connectivity index (χ0v) is 9.26. The van der Waals surface area contributed by atoms with E-state index >= 15 is 0 Å². The number of benzene rings is 1. The molecule has 3 heteroatoms. The molecule has 0 radical (unpaired) electrons. The molecular weight excluding hydrogens is 216 g/mol. The van der Waals surface area contributed by atoms with Crippen LogP contribution < -0.4 is 4.74 Å². The molecule has 17 heavy (non-hydrogen) atoms. The van der Waals surface area contributed by atoms with E-state index in [1.165, 1.54) is 12.5 Å². The summed E-state index contributed by atoms with van der Waals surface area (Å²) in [6, 6.07) is 8.91. The van der Waals surface area contributed by atoms with Crippen LogP contribution in [0.2, 0.25) is 0 Å². The number of ketones is 1. The van der Waals surface area contributed by atoms with E-state index in [4.69, 9.17) is 9.15 Å². The monoisotopic (exact) mass is 228 g/mol. The fourth-order valence-corrected chi connectivity index (χ4v) is 1.62. The van der Waals surface area contributed by atoms with Crippen LogP contribution in [0.4, 0.5) is 0 Å². The molecule has 0 unspecified atom stereocenters. The van der Waals surface area contributed by atoms with Gasteiger partial charge in [0.1, 0.15) is 12.0 Å². The molecule has 0 amide bonds. The first-order valence-electron chi connectivity index (χ1n) is 5.66. The summed E-state index contributed by atoms with van der Waals surface area (Å²) >= 11 is 0. The third-order valence-corrected chi connectivity index (χ3v) is 2.73. The Bertz CT molecular complexity index is 507. The van der Waals surface area contributed by atoms with Crippen molar-refractivity contribution >= 4 is 5.78 Å². The molecule has 0 saturated heterocycles. The Kier molecular flexibility index (Phi) is 2.44. The highest BCUT2D eigenvalue weighted by Gasteiger charge is 2.23. The minimum absolute atomic E-state index is 0.0308. The number of carbonyl (C=O) groups excluding carboxylic acids is 1. The summed E-state index contributed by atoms with van der Waals surface area (Å²) < 4.78 is 10.5. The zero-order chi connectivity index (χ0) is 11.7. The molecule has 1 heterocycles. The third kappa shape index (κ3) is 2.23. The van der Waals surface area contributed by atoms with Gasteiger partial charge in [-0.3, -0.25) is 4.79 Å². The number of rotatable bonds is 4. The van der Waals surface area contributed by atoms with Gasteiger partial charge >= 0.3 is 0 Å². The number of hydrogen-bond donors (Lipinski definition) is 0. The van der Waals surface area contributed by atoms with Crippen molar-refractivity contribution in [2.24, 2.45) is 0 Å². The van der Waals surface area contributed by atoms with Crippen molar-refractivity contribution in [1.29, 1.82) is 0 Å². The second kappa shape index (κ2) is 4.09. The van der Waals surface area contributed by atoms with Crippen molar-refractivity contribution in [1.82, 2.24) is 0 Å². The van der Waals surface area contributed by atoms with Crippen LogP contribution in [0.3, 0.4) is 0 Å². The van der Waals surface area contributed by atoms with Gasteiger partial charge in [-0.25, -0.2) is 0 Å².